The van der Waals surface area contributed by atoms with Gasteiger partial charge in [0.25, 0.3) is 5.91 Å². The number of nitrogens with two attached hydrogens (primary N) is 1. The fourth-order valence-electron chi connectivity index (χ4n) is 1.18. The van der Waals surface area contributed by atoms with Gasteiger partial charge < -0.3 is 10.8 Å². The maximum atomic E-state index is 10.8. The molecule has 0 saturated carbocycles. The van der Waals surface area contributed by atoms with Gasteiger partial charge in [-0.25, -0.2) is 0 Å². The number of carboxylic acid groups (broad SMARTS) is 1. The summed E-state index contributed by atoms with van der Waals surface area (Å²) in [6, 6.07) is 1.45. The van der Waals surface area contributed by atoms with Gasteiger partial charge in [-0.15, -0.1) is 0 Å². The Balaban J connectivity index is 2.61. The molecule has 1 unspecified atom stereocenters. The van der Waals surface area contributed by atoms with Crippen LogP contribution >= 0.6 is 0 Å². The van der Waals surface area contributed by atoms with Crippen LogP contribution in [0.2, 0.25) is 0 Å². The molecule has 15 heavy (non-hydrogen) atoms. The molecule has 1 heterocycles. The summed E-state index contributed by atoms with van der Waals surface area (Å²) in [4.78, 5) is 21.1. The molecule has 1 aromatic rings. The van der Waals surface area contributed by atoms with Crippen LogP contribution in [-0.2, 0) is 4.79 Å². The number of hydrogen-bond donors (Lipinski definition) is 2. The quantitative estimate of drug-likeness (QED) is 0.736. The number of carbonyl (C=O) groups excluding carboxylic acids is 1. The van der Waals surface area contributed by atoms with Gasteiger partial charge in [-0.2, -0.15) is 5.10 Å². The van der Waals surface area contributed by atoms with Crippen molar-refractivity contribution in [3.8, 4) is 0 Å². The second kappa shape index (κ2) is 4.59. The summed E-state index contributed by atoms with van der Waals surface area (Å²) in [5.74, 6) is -1.43. The molecular weight excluding hydrogens is 198 g/mol. The minimum absolute atomic E-state index is 0.0609. The molecule has 82 valence electrons. The fraction of sp³-hybridized carbons (Fsp3) is 0.444. The van der Waals surface area contributed by atoms with Gasteiger partial charge in [0.2, 0.25) is 0 Å². The van der Waals surface area contributed by atoms with E-state index in [4.69, 9.17) is 10.8 Å². The molecule has 0 bridgehead atoms. The highest BCUT2D eigenvalue weighted by atomic mass is 16.4. The van der Waals surface area contributed by atoms with E-state index in [1.165, 1.54) is 6.07 Å². The number of aromatic nitrogens is 2. The number of amides is 1. The van der Waals surface area contributed by atoms with Crippen LogP contribution in [0, 0.1) is 0 Å². The van der Waals surface area contributed by atoms with Crippen molar-refractivity contribution < 1.29 is 14.7 Å². The normalized spacial score (nSPS) is 12.3. The molecule has 6 heteroatoms. The third-order valence-corrected chi connectivity index (χ3v) is 2.09. The average Bonchev–Trinajstić information content (AvgIpc) is 2.62. The van der Waals surface area contributed by atoms with E-state index in [0.717, 1.165) is 0 Å². The Morgan fingerprint density at radius 3 is 2.80 bits per heavy atom. The smallest absolute Gasteiger partial charge is 0.303 e. The molecule has 0 radical (unpaired) electrons. The van der Waals surface area contributed by atoms with Crippen molar-refractivity contribution in [1.29, 1.82) is 0 Å². The highest BCUT2D eigenvalue weighted by Crippen LogP contribution is 2.12. The summed E-state index contributed by atoms with van der Waals surface area (Å²) in [5, 5.41) is 12.4. The zero-order valence-electron chi connectivity index (χ0n) is 8.38. The Labute approximate surface area is 86.7 Å². The topological polar surface area (TPSA) is 98.2 Å². The zero-order chi connectivity index (χ0) is 11.4. The second-order valence-electron chi connectivity index (χ2n) is 3.33. The van der Waals surface area contributed by atoms with Gasteiger partial charge in [-0.1, -0.05) is 0 Å². The first-order valence-corrected chi connectivity index (χ1v) is 4.57. The van der Waals surface area contributed by atoms with E-state index in [-0.39, 0.29) is 18.2 Å². The number of rotatable bonds is 5. The lowest BCUT2D eigenvalue weighted by Gasteiger charge is -2.09. The maximum Gasteiger partial charge on any atom is 0.303 e. The monoisotopic (exact) mass is 211 g/mol. The average molecular weight is 211 g/mol. The molecule has 0 spiro atoms. The second-order valence-corrected chi connectivity index (χ2v) is 3.33. The minimum atomic E-state index is -0.843. The fourth-order valence-corrected chi connectivity index (χ4v) is 1.18. The van der Waals surface area contributed by atoms with E-state index in [1.807, 2.05) is 6.92 Å². The van der Waals surface area contributed by atoms with E-state index in [1.54, 1.807) is 10.9 Å². The van der Waals surface area contributed by atoms with Crippen LogP contribution in [0.5, 0.6) is 0 Å². The molecule has 1 atom stereocenters. The Morgan fingerprint density at radius 2 is 2.33 bits per heavy atom. The first-order chi connectivity index (χ1) is 7.00. The molecule has 1 rings (SSSR count). The standard InChI is InChI=1S/C9H13N3O3/c1-6(2-3-8(13)14)12-5-4-7(11-12)9(10)15/h4-6H,2-3H2,1H3,(H2,10,15)(H,13,14). The maximum absolute atomic E-state index is 10.8. The van der Waals surface area contributed by atoms with Crippen LogP contribution in [-0.4, -0.2) is 26.8 Å². The van der Waals surface area contributed by atoms with E-state index in [2.05, 4.69) is 5.10 Å². The number of primary amides is 1. The van der Waals surface area contributed by atoms with Crippen molar-refractivity contribution >= 4 is 11.9 Å². The molecule has 0 aromatic carbocycles. The predicted molar refractivity (Wildman–Crippen MR) is 52.3 cm³/mol. The molecule has 0 fully saturated rings. The van der Waals surface area contributed by atoms with Crippen molar-refractivity contribution in [3.63, 3.8) is 0 Å². The zero-order valence-corrected chi connectivity index (χ0v) is 8.38. The van der Waals surface area contributed by atoms with Gasteiger partial charge >= 0.3 is 5.97 Å². The Hall–Kier alpha value is -1.85. The lowest BCUT2D eigenvalue weighted by atomic mass is 10.2. The molecule has 3 N–H and O–H groups in total. The van der Waals surface area contributed by atoms with Crippen LogP contribution < -0.4 is 5.73 Å². The molecular formula is C9H13N3O3. The van der Waals surface area contributed by atoms with Gasteiger partial charge in [-0.05, 0) is 19.4 Å². The van der Waals surface area contributed by atoms with Gasteiger partial charge in [0, 0.05) is 18.7 Å². The van der Waals surface area contributed by atoms with Crippen molar-refractivity contribution in [2.45, 2.75) is 25.8 Å². The summed E-state index contributed by atoms with van der Waals surface area (Å²) in [7, 11) is 0. The third-order valence-electron chi connectivity index (χ3n) is 2.09. The molecule has 0 saturated heterocycles. The SMILES string of the molecule is CC(CCC(=O)O)n1ccc(C(N)=O)n1. The van der Waals surface area contributed by atoms with Gasteiger partial charge in [-0.3, -0.25) is 14.3 Å². The van der Waals surface area contributed by atoms with E-state index in [0.29, 0.717) is 6.42 Å². The van der Waals surface area contributed by atoms with E-state index < -0.39 is 11.9 Å². The first kappa shape index (κ1) is 11.2. The van der Waals surface area contributed by atoms with Crippen LogP contribution in [0.1, 0.15) is 36.3 Å². The van der Waals surface area contributed by atoms with Crippen molar-refractivity contribution in [2.24, 2.45) is 5.73 Å². The van der Waals surface area contributed by atoms with Gasteiger partial charge in [0.05, 0.1) is 0 Å². The van der Waals surface area contributed by atoms with E-state index >= 15 is 0 Å². The third kappa shape index (κ3) is 3.08. The first-order valence-electron chi connectivity index (χ1n) is 4.57. The van der Waals surface area contributed by atoms with Crippen LogP contribution in [0.3, 0.4) is 0 Å². The van der Waals surface area contributed by atoms with E-state index in [9.17, 15) is 9.59 Å². The number of carbonyl (C=O) groups is 2. The number of carboxylic acids is 1. The highest BCUT2D eigenvalue weighted by Gasteiger charge is 2.10. The highest BCUT2D eigenvalue weighted by molar-refractivity contribution is 5.90. The lowest BCUT2D eigenvalue weighted by molar-refractivity contribution is -0.137. The van der Waals surface area contributed by atoms with Crippen LogP contribution in [0.25, 0.3) is 0 Å². The minimum Gasteiger partial charge on any atom is -0.481 e. The molecule has 0 aliphatic carbocycles. The van der Waals surface area contributed by atoms with Gasteiger partial charge in [0.15, 0.2) is 0 Å². The van der Waals surface area contributed by atoms with Gasteiger partial charge in [0.1, 0.15) is 5.69 Å². The molecule has 6 nitrogen and oxygen atoms in total. The summed E-state index contributed by atoms with van der Waals surface area (Å²) >= 11 is 0. The summed E-state index contributed by atoms with van der Waals surface area (Å²) in [6.07, 6.45) is 2.16. The number of hydrogen-bond acceptors (Lipinski definition) is 3. The lowest BCUT2D eigenvalue weighted by Crippen LogP contribution is -2.14. The Bertz CT molecular complexity index is 372. The summed E-state index contributed by atoms with van der Waals surface area (Å²) < 4.78 is 1.54. The predicted octanol–water partition coefficient (Wildman–Crippen LogP) is 0.408. The van der Waals surface area contributed by atoms with Crippen molar-refractivity contribution in [2.75, 3.05) is 0 Å². The van der Waals surface area contributed by atoms with Crippen molar-refractivity contribution in [1.82, 2.24) is 9.78 Å². The van der Waals surface area contributed by atoms with Crippen LogP contribution in [0.4, 0.5) is 0 Å². The summed E-state index contributed by atoms with van der Waals surface area (Å²) in [5.41, 5.74) is 5.23. The molecule has 1 amide bonds. The molecule has 0 aliphatic rings. The number of nitrogens with zero attached hydrogens (tertiary/aromatic N) is 2. The van der Waals surface area contributed by atoms with Crippen molar-refractivity contribution in [3.05, 3.63) is 18.0 Å². The number of aliphatic carboxylic acids is 1. The Morgan fingerprint density at radius 1 is 1.67 bits per heavy atom. The molecule has 1 aromatic heterocycles. The largest absolute Gasteiger partial charge is 0.481 e. The summed E-state index contributed by atoms with van der Waals surface area (Å²) in [6.45, 7) is 1.83. The Kier molecular flexibility index (Phi) is 3.43. The molecule has 0 aliphatic heterocycles. The van der Waals surface area contributed by atoms with Crippen LogP contribution in [0.15, 0.2) is 12.3 Å².